The molecule has 0 amide bonds. The summed E-state index contributed by atoms with van der Waals surface area (Å²) in [6, 6.07) is 21.4. The highest BCUT2D eigenvalue weighted by Gasteiger charge is 2.34. The summed E-state index contributed by atoms with van der Waals surface area (Å²) < 4.78 is 5.51. The first-order chi connectivity index (χ1) is 7.95. The van der Waals surface area contributed by atoms with Gasteiger partial charge in [0.2, 0.25) is 0 Å². The Morgan fingerprint density at radius 3 is 1.62 bits per heavy atom. The molecule has 0 N–H and O–H groups in total. The van der Waals surface area contributed by atoms with Crippen molar-refractivity contribution in [2.75, 3.05) is 6.61 Å². The maximum atomic E-state index is 5.51. The van der Waals surface area contributed by atoms with Gasteiger partial charge in [-0.15, -0.1) is 0 Å². The van der Waals surface area contributed by atoms with Gasteiger partial charge in [0.05, 0.1) is 6.61 Å². The predicted octanol–water partition coefficient (Wildman–Crippen LogP) is 2.48. The highest BCUT2D eigenvalue weighted by Crippen LogP contribution is 2.46. The molecule has 0 aromatic heterocycles. The first-order valence-corrected chi connectivity index (χ1v) is 6.87. The van der Waals surface area contributed by atoms with Crippen LogP contribution in [0.15, 0.2) is 60.7 Å². The summed E-state index contributed by atoms with van der Waals surface area (Å²) in [6.07, 6.45) is 0. The second-order valence-electron chi connectivity index (χ2n) is 3.83. The largest absolute Gasteiger partial charge is 0.368 e. The van der Waals surface area contributed by atoms with Gasteiger partial charge in [-0.2, -0.15) is 0 Å². The van der Waals surface area contributed by atoms with Crippen LogP contribution in [0, 0.1) is 0 Å². The molecule has 16 heavy (non-hydrogen) atoms. The van der Waals surface area contributed by atoms with Crippen LogP contribution < -0.4 is 10.6 Å². The van der Waals surface area contributed by atoms with Crippen LogP contribution >= 0.6 is 7.92 Å². The standard InChI is InChI=1S/C14H13OP/c1-3-7-12(8-4-1)16(14-11-15-14)13-9-5-2-6-10-13/h1-10,14H,11H2. The van der Waals surface area contributed by atoms with E-state index in [0.29, 0.717) is 5.85 Å². The molecule has 1 aliphatic rings. The second kappa shape index (κ2) is 4.37. The zero-order valence-electron chi connectivity index (χ0n) is 8.91. The van der Waals surface area contributed by atoms with Crippen molar-refractivity contribution in [2.24, 2.45) is 0 Å². The lowest BCUT2D eigenvalue weighted by Crippen LogP contribution is -2.14. The zero-order chi connectivity index (χ0) is 10.8. The summed E-state index contributed by atoms with van der Waals surface area (Å²) in [5.74, 6) is 0.430. The number of rotatable bonds is 3. The van der Waals surface area contributed by atoms with Crippen molar-refractivity contribution >= 4 is 18.5 Å². The van der Waals surface area contributed by atoms with Crippen LogP contribution in [0.1, 0.15) is 0 Å². The van der Waals surface area contributed by atoms with E-state index in [1.165, 1.54) is 10.6 Å². The number of ether oxygens (including phenoxy) is 1. The van der Waals surface area contributed by atoms with E-state index in [0.717, 1.165) is 6.61 Å². The minimum Gasteiger partial charge on any atom is -0.368 e. The molecule has 1 nitrogen and oxygen atoms in total. The zero-order valence-corrected chi connectivity index (χ0v) is 9.81. The fourth-order valence-electron chi connectivity index (χ4n) is 1.85. The Bertz CT molecular complexity index is 411. The molecule has 1 heterocycles. The van der Waals surface area contributed by atoms with E-state index in [-0.39, 0.29) is 7.92 Å². The third-order valence-electron chi connectivity index (χ3n) is 2.67. The van der Waals surface area contributed by atoms with Gasteiger partial charge in [0, 0.05) is 0 Å². The van der Waals surface area contributed by atoms with Gasteiger partial charge in [-0.05, 0) is 18.5 Å². The molecule has 1 unspecified atom stereocenters. The molecule has 1 atom stereocenters. The topological polar surface area (TPSA) is 12.5 Å². The molecule has 3 rings (SSSR count). The fourth-order valence-corrected chi connectivity index (χ4v) is 4.18. The predicted molar refractivity (Wildman–Crippen MR) is 68.8 cm³/mol. The maximum absolute atomic E-state index is 5.51. The number of epoxide rings is 1. The van der Waals surface area contributed by atoms with Gasteiger partial charge in [-0.25, -0.2) is 0 Å². The van der Waals surface area contributed by atoms with Crippen LogP contribution in [0.4, 0.5) is 0 Å². The van der Waals surface area contributed by atoms with E-state index < -0.39 is 0 Å². The van der Waals surface area contributed by atoms with Crippen molar-refractivity contribution < 1.29 is 4.74 Å². The Balaban J connectivity index is 1.99. The third-order valence-corrected chi connectivity index (χ3v) is 5.26. The lowest BCUT2D eigenvalue weighted by Gasteiger charge is -2.15. The van der Waals surface area contributed by atoms with E-state index in [1.54, 1.807) is 0 Å². The Morgan fingerprint density at radius 1 is 0.812 bits per heavy atom. The van der Waals surface area contributed by atoms with E-state index in [4.69, 9.17) is 4.74 Å². The molecular weight excluding hydrogens is 215 g/mol. The molecule has 1 saturated heterocycles. The normalized spacial score (nSPS) is 18.7. The van der Waals surface area contributed by atoms with Crippen molar-refractivity contribution in [3.63, 3.8) is 0 Å². The maximum Gasteiger partial charge on any atom is 0.108 e. The van der Waals surface area contributed by atoms with Gasteiger partial charge >= 0.3 is 0 Å². The Hall–Kier alpha value is -1.17. The van der Waals surface area contributed by atoms with Crippen LogP contribution in [-0.2, 0) is 4.74 Å². The van der Waals surface area contributed by atoms with Crippen molar-refractivity contribution in [3.05, 3.63) is 60.7 Å². The molecular formula is C14H13OP. The molecule has 0 aliphatic carbocycles. The van der Waals surface area contributed by atoms with E-state index in [1.807, 2.05) is 0 Å². The van der Waals surface area contributed by atoms with Crippen LogP contribution in [0.2, 0.25) is 0 Å². The van der Waals surface area contributed by atoms with Gasteiger partial charge in [-0.1, -0.05) is 60.7 Å². The molecule has 80 valence electrons. The molecule has 0 saturated carbocycles. The molecule has 1 aliphatic heterocycles. The van der Waals surface area contributed by atoms with E-state index in [9.17, 15) is 0 Å². The molecule has 0 bridgehead atoms. The summed E-state index contributed by atoms with van der Waals surface area (Å²) in [7, 11) is -0.321. The van der Waals surface area contributed by atoms with Crippen molar-refractivity contribution in [3.8, 4) is 0 Å². The summed E-state index contributed by atoms with van der Waals surface area (Å²) in [5.41, 5.74) is 0. The molecule has 1 fully saturated rings. The van der Waals surface area contributed by atoms with Gasteiger partial charge < -0.3 is 4.74 Å². The summed E-state index contributed by atoms with van der Waals surface area (Å²) in [5, 5.41) is 2.82. The number of hydrogen-bond acceptors (Lipinski definition) is 1. The average molecular weight is 228 g/mol. The van der Waals surface area contributed by atoms with Crippen molar-refractivity contribution in [1.29, 1.82) is 0 Å². The van der Waals surface area contributed by atoms with Crippen molar-refractivity contribution in [2.45, 2.75) is 5.85 Å². The van der Waals surface area contributed by atoms with E-state index in [2.05, 4.69) is 60.7 Å². The molecule has 0 spiro atoms. The SMILES string of the molecule is c1ccc(P(c2ccccc2)C2CO2)cc1. The Labute approximate surface area is 96.8 Å². The van der Waals surface area contributed by atoms with Crippen LogP contribution in [0.3, 0.4) is 0 Å². The van der Waals surface area contributed by atoms with Crippen molar-refractivity contribution in [1.82, 2.24) is 0 Å². The monoisotopic (exact) mass is 228 g/mol. The first-order valence-electron chi connectivity index (χ1n) is 5.46. The summed E-state index contributed by atoms with van der Waals surface area (Å²) >= 11 is 0. The smallest absolute Gasteiger partial charge is 0.108 e. The quantitative estimate of drug-likeness (QED) is 0.580. The molecule has 2 heteroatoms. The van der Waals surface area contributed by atoms with Gasteiger partial charge in [0.1, 0.15) is 5.85 Å². The minimum absolute atomic E-state index is 0.321. The molecule has 2 aromatic rings. The van der Waals surface area contributed by atoms with E-state index >= 15 is 0 Å². The first kappa shape index (κ1) is 10.0. The number of benzene rings is 2. The second-order valence-corrected chi connectivity index (χ2v) is 6.18. The van der Waals surface area contributed by atoms with Gasteiger partial charge in [-0.3, -0.25) is 0 Å². The average Bonchev–Trinajstić information content (AvgIpc) is 3.17. The molecule has 2 aromatic carbocycles. The summed E-state index contributed by atoms with van der Waals surface area (Å²) in [4.78, 5) is 0. The highest BCUT2D eigenvalue weighted by atomic mass is 31.1. The third kappa shape index (κ3) is 2.02. The highest BCUT2D eigenvalue weighted by molar-refractivity contribution is 7.73. The lowest BCUT2D eigenvalue weighted by atomic mass is 10.4. The Morgan fingerprint density at radius 2 is 1.25 bits per heavy atom. The minimum atomic E-state index is -0.321. The lowest BCUT2D eigenvalue weighted by molar-refractivity contribution is 0.458. The van der Waals surface area contributed by atoms with Gasteiger partial charge in [0.25, 0.3) is 0 Å². The van der Waals surface area contributed by atoms with Crippen LogP contribution in [-0.4, -0.2) is 12.5 Å². The van der Waals surface area contributed by atoms with Crippen LogP contribution in [0.25, 0.3) is 0 Å². The van der Waals surface area contributed by atoms with Crippen LogP contribution in [0.5, 0.6) is 0 Å². The fraction of sp³-hybridized carbons (Fsp3) is 0.143. The molecule has 0 radical (unpaired) electrons. The van der Waals surface area contributed by atoms with Gasteiger partial charge in [0.15, 0.2) is 0 Å². The summed E-state index contributed by atoms with van der Waals surface area (Å²) in [6.45, 7) is 0.912. The Kier molecular flexibility index (Phi) is 2.73. The number of hydrogen-bond donors (Lipinski definition) is 0.